The van der Waals surface area contributed by atoms with Gasteiger partial charge in [-0.1, -0.05) is 6.85 Å². The van der Waals surface area contributed by atoms with Crippen LogP contribution in [0.1, 0.15) is 36.0 Å². The van der Waals surface area contributed by atoms with Crippen LogP contribution in [0.4, 0.5) is 11.5 Å². The molecule has 0 spiro atoms. The van der Waals surface area contributed by atoms with Crippen LogP contribution in [0.2, 0.25) is 0 Å². The molecule has 3 heteroatoms. The van der Waals surface area contributed by atoms with Crippen molar-refractivity contribution in [2.75, 3.05) is 23.6 Å². The molecule has 0 amide bonds. The van der Waals surface area contributed by atoms with Crippen LogP contribution < -0.4 is 10.6 Å². The Morgan fingerprint density at radius 3 is 3.00 bits per heavy atom. The van der Waals surface area contributed by atoms with Crippen molar-refractivity contribution in [3.63, 3.8) is 0 Å². The monoisotopic (exact) mass is 203 g/mol. The Labute approximate surface area is 102 Å². The highest BCUT2D eigenvalue weighted by molar-refractivity contribution is 5.48. The summed E-state index contributed by atoms with van der Waals surface area (Å²) in [5.41, 5.74) is 5.08. The second-order valence-corrected chi connectivity index (χ2v) is 2.63. The molecule has 0 bridgehead atoms. The molecule has 14 heavy (non-hydrogen) atoms. The third-order valence-corrected chi connectivity index (χ3v) is 1.61. The lowest BCUT2D eigenvalue weighted by Crippen LogP contribution is -2.32. The molecular weight excluding hydrogens is 174 g/mol. The summed E-state index contributed by atoms with van der Waals surface area (Å²) < 4.78 is 95.2. The summed E-state index contributed by atoms with van der Waals surface area (Å²) in [5.74, 6) is -3.73. The number of pyridine rings is 1. The summed E-state index contributed by atoms with van der Waals surface area (Å²) in [6.45, 7) is -10.5. The minimum absolute atomic E-state index is 0.00947. The summed E-state index contributed by atoms with van der Waals surface area (Å²) in [5, 5.41) is 0. The molecular formula is C11H17N3. The third kappa shape index (κ3) is 1.97. The van der Waals surface area contributed by atoms with E-state index in [1.165, 1.54) is 6.07 Å². The van der Waals surface area contributed by atoms with E-state index in [1.807, 2.05) is 0 Å². The first-order valence-electron chi connectivity index (χ1n) is 9.89. The molecule has 1 saturated heterocycles. The second-order valence-electron chi connectivity index (χ2n) is 2.63. The van der Waals surface area contributed by atoms with Gasteiger partial charge in [-0.25, -0.2) is 4.98 Å². The summed E-state index contributed by atoms with van der Waals surface area (Å²) >= 11 is 0. The van der Waals surface area contributed by atoms with Crippen molar-refractivity contribution in [2.24, 2.45) is 5.89 Å². The van der Waals surface area contributed by atoms with Gasteiger partial charge in [0.25, 0.3) is 0 Å². The van der Waals surface area contributed by atoms with Crippen molar-refractivity contribution in [1.82, 2.24) is 4.98 Å². The minimum atomic E-state index is -3.74. The van der Waals surface area contributed by atoms with Gasteiger partial charge in [0.2, 0.25) is 0 Å². The van der Waals surface area contributed by atoms with Gasteiger partial charge in [-0.2, -0.15) is 0 Å². The van der Waals surface area contributed by atoms with Crippen molar-refractivity contribution in [2.45, 2.75) is 19.6 Å². The van der Waals surface area contributed by atoms with E-state index in [0.29, 0.717) is 0 Å². The average molecular weight is 203 g/mol. The van der Waals surface area contributed by atoms with Crippen LogP contribution in [0.15, 0.2) is 18.3 Å². The first-order valence-corrected chi connectivity index (χ1v) is 3.89. The van der Waals surface area contributed by atoms with Crippen molar-refractivity contribution in [1.29, 1.82) is 0 Å². The zero-order valence-electron chi connectivity index (χ0n) is 19.2. The molecule has 1 aromatic rings. The molecule has 0 aliphatic carbocycles. The van der Waals surface area contributed by atoms with Crippen molar-refractivity contribution < 1.29 is 16.4 Å². The van der Waals surface area contributed by atoms with Gasteiger partial charge in [0.05, 0.1) is 11.9 Å². The summed E-state index contributed by atoms with van der Waals surface area (Å²) in [6, 6.07) is 2.29. The fraction of sp³-hybridized carbons (Fsp3) is 0.545. The molecule has 1 aromatic heterocycles. The molecule has 2 rings (SSSR count). The Hall–Kier alpha value is -1.25. The molecule has 2 heterocycles. The fourth-order valence-electron chi connectivity index (χ4n) is 0.942. The number of nitrogen functional groups attached to an aromatic ring is 1. The first kappa shape index (κ1) is 2.65. The highest BCUT2D eigenvalue weighted by Crippen LogP contribution is 2.22. The molecule has 3 nitrogen and oxygen atoms in total. The Morgan fingerprint density at radius 2 is 2.43 bits per heavy atom. The number of anilines is 2. The van der Waals surface area contributed by atoms with E-state index in [0.717, 1.165) is 12.3 Å². The standard InChI is InChI=1S/C11H17N3/c1-9-4-6-14(7-5-9)10-2-3-11(12)13-8-10/h2-3,8-9H,4-7H2,1H3,(H2,12,13)/i1D3,4D2,5D2,6D2,7D2,9D. The lowest BCUT2D eigenvalue weighted by atomic mass is 9.99. The minimum Gasteiger partial charge on any atom is -0.384 e. The lowest BCUT2D eigenvalue weighted by molar-refractivity contribution is 0.438. The molecule has 1 aliphatic rings. The number of rotatable bonds is 1. The van der Waals surface area contributed by atoms with Gasteiger partial charge in [-0.05, 0) is 30.8 Å². The Kier molecular flexibility index (Phi) is 0.732. The van der Waals surface area contributed by atoms with Gasteiger partial charge >= 0.3 is 0 Å². The lowest BCUT2D eigenvalue weighted by Gasteiger charge is -2.31. The molecule has 2 N–H and O–H groups in total. The van der Waals surface area contributed by atoms with Crippen LogP contribution in [-0.2, 0) is 0 Å². The number of hydrogen-bond acceptors (Lipinski definition) is 3. The number of nitrogens with two attached hydrogens (primary N) is 1. The molecule has 0 radical (unpaired) electrons. The van der Waals surface area contributed by atoms with Crippen LogP contribution in [0.5, 0.6) is 0 Å². The van der Waals surface area contributed by atoms with E-state index >= 15 is 0 Å². The second kappa shape index (κ2) is 3.86. The van der Waals surface area contributed by atoms with E-state index < -0.39 is 38.5 Å². The molecule has 1 aliphatic heterocycles. The predicted molar refractivity (Wildman–Crippen MR) is 59.3 cm³/mol. The number of nitrogens with zero attached hydrogens (tertiary/aromatic N) is 2. The van der Waals surface area contributed by atoms with Gasteiger partial charge in [0, 0.05) is 29.4 Å². The van der Waals surface area contributed by atoms with E-state index in [9.17, 15) is 0 Å². The Morgan fingerprint density at radius 1 is 1.64 bits per heavy atom. The SMILES string of the molecule is [2H]C([2H])([2H])C1([2H])C([2H])([2H])C([2H])([2H])N(c2ccc(N)nc2)C([2H])([2H])C1([2H])[2H]. The predicted octanol–water partition coefficient (Wildman–Crippen LogP) is 1.90. The van der Waals surface area contributed by atoms with E-state index in [1.54, 1.807) is 0 Å². The number of piperidine rings is 1. The van der Waals surface area contributed by atoms with Crippen molar-refractivity contribution in [3.05, 3.63) is 18.3 Å². The van der Waals surface area contributed by atoms with Crippen LogP contribution in [0.25, 0.3) is 0 Å². The summed E-state index contributed by atoms with van der Waals surface area (Å²) in [4.78, 5) is 3.81. The zero-order chi connectivity index (χ0) is 20.6. The first-order chi connectivity index (χ1) is 11.4. The highest BCUT2D eigenvalue weighted by Gasteiger charge is 2.15. The molecule has 1 fully saturated rings. The van der Waals surface area contributed by atoms with Gasteiger partial charge < -0.3 is 10.6 Å². The Bertz CT molecular complexity index is 667. The van der Waals surface area contributed by atoms with E-state index in [-0.39, 0.29) is 16.4 Å². The van der Waals surface area contributed by atoms with Crippen molar-refractivity contribution >= 4 is 11.5 Å². The maximum atomic E-state index is 8.13. The maximum absolute atomic E-state index is 8.13. The quantitative estimate of drug-likeness (QED) is 0.758. The van der Waals surface area contributed by atoms with Crippen molar-refractivity contribution in [3.8, 4) is 0 Å². The molecule has 0 atom stereocenters. The normalized spacial score (nSPS) is 48.7. The van der Waals surface area contributed by atoms with Crippen LogP contribution in [-0.4, -0.2) is 18.0 Å². The maximum Gasteiger partial charge on any atom is 0.123 e. The average Bonchev–Trinajstić information content (AvgIpc) is 2.45. The summed E-state index contributed by atoms with van der Waals surface area (Å²) in [7, 11) is 0. The molecule has 0 unspecified atom stereocenters. The van der Waals surface area contributed by atoms with E-state index in [2.05, 4.69) is 4.98 Å². The van der Waals surface area contributed by atoms with Gasteiger partial charge in [-0.3, -0.25) is 0 Å². The summed E-state index contributed by atoms with van der Waals surface area (Å²) in [6.07, 6.45) is -6.35. The number of hydrogen-bond donors (Lipinski definition) is 1. The molecule has 76 valence electrons. The van der Waals surface area contributed by atoms with Crippen LogP contribution in [0.3, 0.4) is 0 Å². The van der Waals surface area contributed by atoms with Crippen LogP contribution in [0, 0.1) is 5.89 Å². The Balaban J connectivity index is 2.86. The molecule has 0 saturated carbocycles. The fourth-order valence-corrected chi connectivity index (χ4v) is 0.942. The van der Waals surface area contributed by atoms with Crippen LogP contribution >= 0.6 is 0 Å². The largest absolute Gasteiger partial charge is 0.384 e. The zero-order valence-corrected chi connectivity index (χ0v) is 7.20. The van der Waals surface area contributed by atoms with E-state index in [4.69, 9.17) is 22.2 Å². The highest BCUT2D eigenvalue weighted by atomic mass is 15.1. The molecule has 0 aromatic carbocycles. The van der Waals surface area contributed by atoms with Gasteiger partial charge in [-0.15, -0.1) is 0 Å². The van der Waals surface area contributed by atoms with Gasteiger partial charge in [0.15, 0.2) is 0 Å². The smallest absolute Gasteiger partial charge is 0.123 e. The number of aromatic nitrogens is 1. The third-order valence-electron chi connectivity index (χ3n) is 1.61. The van der Waals surface area contributed by atoms with Gasteiger partial charge in [0.1, 0.15) is 5.82 Å². The topological polar surface area (TPSA) is 42.1 Å².